The van der Waals surface area contributed by atoms with Crippen molar-refractivity contribution in [1.29, 1.82) is 0 Å². The lowest BCUT2D eigenvalue weighted by molar-refractivity contribution is -0.0279. The van der Waals surface area contributed by atoms with E-state index in [2.05, 4.69) is 61.6 Å². The molecule has 0 amide bonds. The quantitative estimate of drug-likeness (QED) is 0.772. The average molecular weight is 285 g/mol. The standard InChI is InChI=1S/C17H19NOS/c1-4-15-12(2)17(3,19-18-15)16-10-14(11-20-16)13-8-6-5-7-9-13/h5-12H,4H2,1-3H3. The maximum absolute atomic E-state index is 5.79. The zero-order valence-corrected chi connectivity index (χ0v) is 12.9. The van der Waals surface area contributed by atoms with E-state index >= 15 is 0 Å². The van der Waals surface area contributed by atoms with E-state index in [0.717, 1.165) is 12.1 Å². The van der Waals surface area contributed by atoms with Gasteiger partial charge in [-0.15, -0.1) is 11.3 Å². The second-order valence-corrected chi connectivity index (χ2v) is 6.33. The highest BCUT2D eigenvalue weighted by atomic mass is 32.1. The summed E-state index contributed by atoms with van der Waals surface area (Å²) in [6, 6.07) is 12.7. The van der Waals surface area contributed by atoms with E-state index in [9.17, 15) is 0 Å². The van der Waals surface area contributed by atoms with Gasteiger partial charge in [0.15, 0.2) is 5.60 Å². The molecule has 0 spiro atoms. The molecule has 1 aromatic carbocycles. The lowest BCUT2D eigenvalue weighted by Crippen LogP contribution is -2.30. The Balaban J connectivity index is 1.92. The monoisotopic (exact) mass is 285 g/mol. The first-order valence-corrected chi connectivity index (χ1v) is 7.92. The number of thiophene rings is 1. The molecule has 1 aliphatic heterocycles. The van der Waals surface area contributed by atoms with Crippen molar-refractivity contribution in [2.45, 2.75) is 32.8 Å². The Bertz CT molecular complexity index is 631. The molecule has 0 fully saturated rings. The summed E-state index contributed by atoms with van der Waals surface area (Å²) in [6.07, 6.45) is 0.952. The molecule has 0 radical (unpaired) electrons. The van der Waals surface area contributed by atoms with Crippen LogP contribution in [0.4, 0.5) is 0 Å². The molecular weight excluding hydrogens is 266 g/mol. The molecule has 0 bridgehead atoms. The summed E-state index contributed by atoms with van der Waals surface area (Å²) in [4.78, 5) is 7.04. The maximum atomic E-state index is 5.79. The average Bonchev–Trinajstić information content (AvgIpc) is 3.08. The van der Waals surface area contributed by atoms with Gasteiger partial charge in [-0.05, 0) is 35.9 Å². The predicted molar refractivity (Wildman–Crippen MR) is 85.1 cm³/mol. The lowest BCUT2D eigenvalue weighted by atomic mass is 9.85. The highest BCUT2D eigenvalue weighted by molar-refractivity contribution is 7.10. The van der Waals surface area contributed by atoms with E-state index in [1.165, 1.54) is 16.0 Å². The van der Waals surface area contributed by atoms with Gasteiger partial charge in [0, 0.05) is 5.92 Å². The minimum Gasteiger partial charge on any atom is -0.383 e. The van der Waals surface area contributed by atoms with Gasteiger partial charge in [0.2, 0.25) is 0 Å². The number of hydrogen-bond donors (Lipinski definition) is 0. The van der Waals surface area contributed by atoms with Crippen LogP contribution in [0.1, 0.15) is 32.1 Å². The van der Waals surface area contributed by atoms with Crippen LogP contribution in [-0.4, -0.2) is 5.71 Å². The van der Waals surface area contributed by atoms with E-state index in [-0.39, 0.29) is 5.60 Å². The molecule has 1 aromatic heterocycles. The van der Waals surface area contributed by atoms with Crippen molar-refractivity contribution < 1.29 is 4.84 Å². The number of hydrogen-bond acceptors (Lipinski definition) is 3. The van der Waals surface area contributed by atoms with Crippen LogP contribution < -0.4 is 0 Å². The normalized spacial score (nSPS) is 25.4. The Morgan fingerprint density at radius 1 is 1.25 bits per heavy atom. The molecule has 2 aromatic rings. The number of oxime groups is 1. The van der Waals surface area contributed by atoms with Crippen LogP contribution in [-0.2, 0) is 10.4 Å². The fourth-order valence-corrected chi connectivity index (χ4v) is 3.74. The summed E-state index contributed by atoms with van der Waals surface area (Å²) >= 11 is 1.76. The largest absolute Gasteiger partial charge is 0.383 e. The summed E-state index contributed by atoms with van der Waals surface area (Å²) in [7, 11) is 0. The second-order valence-electron chi connectivity index (χ2n) is 5.42. The van der Waals surface area contributed by atoms with Crippen molar-refractivity contribution in [3.05, 3.63) is 46.7 Å². The van der Waals surface area contributed by atoms with Gasteiger partial charge in [0.05, 0.1) is 10.6 Å². The van der Waals surface area contributed by atoms with E-state index < -0.39 is 0 Å². The topological polar surface area (TPSA) is 21.6 Å². The molecule has 2 heterocycles. The summed E-state index contributed by atoms with van der Waals surface area (Å²) in [6.45, 7) is 6.48. The van der Waals surface area contributed by atoms with Gasteiger partial charge in [-0.3, -0.25) is 0 Å². The zero-order valence-electron chi connectivity index (χ0n) is 12.1. The fourth-order valence-electron chi connectivity index (χ4n) is 2.64. The molecule has 104 valence electrons. The van der Waals surface area contributed by atoms with E-state index in [4.69, 9.17) is 4.84 Å². The minimum atomic E-state index is -0.316. The van der Waals surface area contributed by atoms with Crippen molar-refractivity contribution in [1.82, 2.24) is 0 Å². The van der Waals surface area contributed by atoms with E-state index in [1.54, 1.807) is 11.3 Å². The first-order chi connectivity index (χ1) is 9.65. The third-order valence-corrected chi connectivity index (χ3v) is 5.39. The van der Waals surface area contributed by atoms with Crippen LogP contribution in [0.25, 0.3) is 11.1 Å². The highest BCUT2D eigenvalue weighted by Crippen LogP contribution is 2.43. The molecule has 0 aliphatic carbocycles. The van der Waals surface area contributed by atoms with E-state index in [1.807, 2.05) is 6.07 Å². The van der Waals surface area contributed by atoms with Gasteiger partial charge >= 0.3 is 0 Å². The summed E-state index contributed by atoms with van der Waals surface area (Å²) in [5, 5.41) is 6.47. The first-order valence-electron chi connectivity index (χ1n) is 7.04. The third-order valence-electron chi connectivity index (χ3n) is 4.24. The highest BCUT2D eigenvalue weighted by Gasteiger charge is 2.44. The van der Waals surface area contributed by atoms with Gasteiger partial charge < -0.3 is 4.84 Å². The van der Waals surface area contributed by atoms with Crippen LogP contribution >= 0.6 is 11.3 Å². The van der Waals surface area contributed by atoms with Gasteiger partial charge in [0.1, 0.15) is 0 Å². The summed E-state index contributed by atoms with van der Waals surface area (Å²) in [5.74, 6) is 0.328. The second kappa shape index (κ2) is 5.06. The molecule has 2 nitrogen and oxygen atoms in total. The Kier molecular flexibility index (Phi) is 3.38. The van der Waals surface area contributed by atoms with Gasteiger partial charge in [-0.1, -0.05) is 49.3 Å². The molecule has 0 saturated carbocycles. The van der Waals surface area contributed by atoms with Crippen molar-refractivity contribution in [3.8, 4) is 11.1 Å². The van der Waals surface area contributed by atoms with Crippen LogP contribution in [0, 0.1) is 5.92 Å². The fraction of sp³-hybridized carbons (Fsp3) is 0.353. The molecule has 0 saturated heterocycles. The molecule has 0 N–H and O–H groups in total. The smallest absolute Gasteiger partial charge is 0.176 e. The Morgan fingerprint density at radius 3 is 2.65 bits per heavy atom. The molecule has 2 unspecified atom stereocenters. The predicted octanol–water partition coefficient (Wildman–Crippen LogP) is 5.06. The maximum Gasteiger partial charge on any atom is 0.176 e. The van der Waals surface area contributed by atoms with Gasteiger partial charge in [-0.25, -0.2) is 0 Å². The van der Waals surface area contributed by atoms with Crippen molar-refractivity contribution >= 4 is 17.0 Å². The number of benzene rings is 1. The minimum absolute atomic E-state index is 0.316. The molecule has 3 heteroatoms. The van der Waals surface area contributed by atoms with E-state index in [0.29, 0.717) is 5.92 Å². The van der Waals surface area contributed by atoms with Crippen LogP contribution in [0.5, 0.6) is 0 Å². The Labute approximate surface area is 124 Å². The lowest BCUT2D eigenvalue weighted by Gasteiger charge is -2.25. The SMILES string of the molecule is CCC1=NOC(C)(c2cc(-c3ccccc3)cs2)C1C. The molecule has 3 rings (SSSR count). The summed E-state index contributed by atoms with van der Waals surface area (Å²) in [5.41, 5.74) is 3.35. The zero-order chi connectivity index (χ0) is 14.2. The molecular formula is C17H19NOS. The first kappa shape index (κ1) is 13.4. The van der Waals surface area contributed by atoms with Gasteiger partial charge in [-0.2, -0.15) is 0 Å². The van der Waals surface area contributed by atoms with Crippen molar-refractivity contribution in [2.75, 3.05) is 0 Å². The molecule has 20 heavy (non-hydrogen) atoms. The molecule has 2 atom stereocenters. The van der Waals surface area contributed by atoms with Crippen LogP contribution in [0.3, 0.4) is 0 Å². The number of rotatable bonds is 3. The van der Waals surface area contributed by atoms with Crippen molar-refractivity contribution in [2.24, 2.45) is 11.1 Å². The number of nitrogens with zero attached hydrogens (tertiary/aromatic N) is 1. The Hall–Kier alpha value is -1.61. The van der Waals surface area contributed by atoms with Crippen LogP contribution in [0.15, 0.2) is 46.9 Å². The van der Waals surface area contributed by atoms with Crippen molar-refractivity contribution in [3.63, 3.8) is 0 Å². The molecule has 1 aliphatic rings. The van der Waals surface area contributed by atoms with Gasteiger partial charge in [0.25, 0.3) is 0 Å². The van der Waals surface area contributed by atoms with Crippen LogP contribution in [0.2, 0.25) is 0 Å². The Morgan fingerprint density at radius 2 is 2.00 bits per heavy atom. The third kappa shape index (κ3) is 2.06. The summed E-state index contributed by atoms with van der Waals surface area (Å²) < 4.78 is 0.